The summed E-state index contributed by atoms with van der Waals surface area (Å²) in [6.07, 6.45) is 3.21. The van der Waals surface area contributed by atoms with Gasteiger partial charge in [-0.15, -0.1) is 24.0 Å². The lowest BCUT2D eigenvalue weighted by Crippen LogP contribution is -2.36. The maximum atomic E-state index is 4.62. The standard InChI is InChI=1S/C23H26N8.HI/c1-17-12-18(2)31(29-17)22-7-5-4-6-20(22)14-27-23(24-3)26-13-19-8-10-21(11-9-19)30-16-25-15-28-30;/h4-12,15-16H,13-14H2,1-3H3,(H2,24,26,27);1H. The van der Waals surface area contributed by atoms with Crippen LogP contribution in [-0.2, 0) is 13.1 Å². The van der Waals surface area contributed by atoms with Crippen molar-refractivity contribution in [3.05, 3.63) is 89.8 Å². The average molecular weight is 542 g/mol. The highest BCUT2D eigenvalue weighted by Gasteiger charge is 2.09. The van der Waals surface area contributed by atoms with Crippen molar-refractivity contribution in [2.24, 2.45) is 4.99 Å². The molecule has 4 rings (SSSR count). The summed E-state index contributed by atoms with van der Waals surface area (Å²) in [6.45, 7) is 5.38. The number of benzene rings is 2. The molecule has 0 amide bonds. The van der Waals surface area contributed by atoms with Crippen LogP contribution in [0.2, 0.25) is 0 Å². The molecule has 2 aromatic carbocycles. The van der Waals surface area contributed by atoms with E-state index in [0.29, 0.717) is 13.1 Å². The zero-order valence-corrected chi connectivity index (χ0v) is 20.7. The first-order chi connectivity index (χ1) is 15.1. The highest BCUT2D eigenvalue weighted by molar-refractivity contribution is 14.0. The molecule has 0 saturated carbocycles. The number of rotatable bonds is 6. The highest BCUT2D eigenvalue weighted by Crippen LogP contribution is 2.17. The van der Waals surface area contributed by atoms with E-state index in [4.69, 9.17) is 0 Å². The summed E-state index contributed by atoms with van der Waals surface area (Å²) in [6, 6.07) is 18.5. The molecule has 0 aliphatic rings. The van der Waals surface area contributed by atoms with Crippen LogP contribution >= 0.6 is 24.0 Å². The smallest absolute Gasteiger partial charge is 0.191 e. The van der Waals surface area contributed by atoms with Gasteiger partial charge in [-0.2, -0.15) is 10.2 Å². The van der Waals surface area contributed by atoms with E-state index in [-0.39, 0.29) is 24.0 Å². The van der Waals surface area contributed by atoms with Gasteiger partial charge in [-0.05, 0) is 49.2 Å². The topological polar surface area (TPSA) is 85.0 Å². The summed E-state index contributed by atoms with van der Waals surface area (Å²) >= 11 is 0. The van der Waals surface area contributed by atoms with Crippen molar-refractivity contribution in [3.63, 3.8) is 0 Å². The Kier molecular flexibility index (Phi) is 7.98. The third kappa shape index (κ3) is 5.52. The van der Waals surface area contributed by atoms with Crippen molar-refractivity contribution in [1.82, 2.24) is 35.2 Å². The van der Waals surface area contributed by atoms with Crippen molar-refractivity contribution < 1.29 is 0 Å². The van der Waals surface area contributed by atoms with Gasteiger partial charge in [0.25, 0.3) is 0 Å². The predicted octanol–water partition coefficient (Wildman–Crippen LogP) is 3.55. The number of hydrogen-bond acceptors (Lipinski definition) is 4. The van der Waals surface area contributed by atoms with Gasteiger partial charge in [0.2, 0.25) is 0 Å². The van der Waals surface area contributed by atoms with Crippen molar-refractivity contribution >= 4 is 29.9 Å². The van der Waals surface area contributed by atoms with Gasteiger partial charge in [0.05, 0.1) is 17.1 Å². The van der Waals surface area contributed by atoms with Crippen molar-refractivity contribution in [3.8, 4) is 11.4 Å². The molecule has 32 heavy (non-hydrogen) atoms. The zero-order valence-electron chi connectivity index (χ0n) is 18.4. The monoisotopic (exact) mass is 542 g/mol. The second kappa shape index (κ2) is 10.9. The van der Waals surface area contributed by atoms with Crippen LogP contribution in [0.25, 0.3) is 11.4 Å². The minimum atomic E-state index is 0. The summed E-state index contributed by atoms with van der Waals surface area (Å²) in [4.78, 5) is 8.33. The second-order valence-electron chi connectivity index (χ2n) is 7.25. The molecule has 2 heterocycles. The van der Waals surface area contributed by atoms with Crippen molar-refractivity contribution in [2.45, 2.75) is 26.9 Å². The largest absolute Gasteiger partial charge is 0.352 e. The van der Waals surface area contributed by atoms with Crippen LogP contribution in [0.3, 0.4) is 0 Å². The van der Waals surface area contributed by atoms with Crippen LogP contribution in [0.5, 0.6) is 0 Å². The van der Waals surface area contributed by atoms with Crippen LogP contribution in [0, 0.1) is 13.8 Å². The van der Waals surface area contributed by atoms with Gasteiger partial charge in [-0.25, -0.2) is 14.3 Å². The van der Waals surface area contributed by atoms with Gasteiger partial charge in [-0.1, -0.05) is 30.3 Å². The first-order valence-electron chi connectivity index (χ1n) is 10.1. The maximum Gasteiger partial charge on any atom is 0.191 e. The number of aromatic nitrogens is 5. The number of guanidine groups is 1. The fourth-order valence-electron chi connectivity index (χ4n) is 3.43. The van der Waals surface area contributed by atoms with E-state index < -0.39 is 0 Å². The number of halogens is 1. The summed E-state index contributed by atoms with van der Waals surface area (Å²) in [5.74, 6) is 0.739. The lowest BCUT2D eigenvalue weighted by atomic mass is 10.1. The normalized spacial score (nSPS) is 11.2. The van der Waals surface area contributed by atoms with Crippen LogP contribution < -0.4 is 10.6 Å². The Morgan fingerprint density at radius 1 is 1.00 bits per heavy atom. The second-order valence-corrected chi connectivity index (χ2v) is 7.25. The van der Waals surface area contributed by atoms with Crippen LogP contribution in [0.15, 0.2) is 72.2 Å². The van der Waals surface area contributed by atoms with E-state index in [1.165, 1.54) is 6.33 Å². The number of nitrogens with zero attached hydrogens (tertiary/aromatic N) is 6. The minimum Gasteiger partial charge on any atom is -0.352 e. The molecule has 0 aliphatic heterocycles. The molecule has 9 heteroatoms. The zero-order chi connectivity index (χ0) is 21.6. The summed E-state index contributed by atoms with van der Waals surface area (Å²) in [5, 5.41) is 15.5. The quantitative estimate of drug-likeness (QED) is 0.221. The maximum absolute atomic E-state index is 4.62. The van der Waals surface area contributed by atoms with Crippen LogP contribution in [0.4, 0.5) is 0 Å². The predicted molar refractivity (Wildman–Crippen MR) is 137 cm³/mol. The molecule has 4 aromatic rings. The summed E-state index contributed by atoms with van der Waals surface area (Å²) in [7, 11) is 1.77. The molecule has 0 spiro atoms. The lowest BCUT2D eigenvalue weighted by Gasteiger charge is -2.15. The van der Waals surface area contributed by atoms with Crippen LogP contribution in [0.1, 0.15) is 22.5 Å². The number of nitrogens with one attached hydrogen (secondary N) is 2. The Balaban J connectivity index is 0.00000289. The first-order valence-corrected chi connectivity index (χ1v) is 10.1. The lowest BCUT2D eigenvalue weighted by molar-refractivity contribution is 0.781. The molecule has 0 saturated heterocycles. The molecule has 8 nitrogen and oxygen atoms in total. The van der Waals surface area contributed by atoms with Gasteiger partial charge in [-0.3, -0.25) is 4.99 Å². The highest BCUT2D eigenvalue weighted by atomic mass is 127. The van der Waals surface area contributed by atoms with E-state index in [9.17, 15) is 0 Å². The van der Waals surface area contributed by atoms with Gasteiger partial charge < -0.3 is 10.6 Å². The molecular formula is C23H27IN8. The van der Waals surface area contributed by atoms with E-state index >= 15 is 0 Å². The van der Waals surface area contributed by atoms with Gasteiger partial charge in [0, 0.05) is 25.8 Å². The first kappa shape index (κ1) is 23.5. The van der Waals surface area contributed by atoms with Gasteiger partial charge in [0.1, 0.15) is 12.7 Å². The van der Waals surface area contributed by atoms with E-state index in [1.807, 2.05) is 35.9 Å². The van der Waals surface area contributed by atoms with Crippen molar-refractivity contribution in [2.75, 3.05) is 7.05 Å². The molecule has 0 radical (unpaired) electrons. The van der Waals surface area contributed by atoms with E-state index in [0.717, 1.165) is 39.8 Å². The average Bonchev–Trinajstić information content (AvgIpc) is 3.44. The van der Waals surface area contributed by atoms with Gasteiger partial charge >= 0.3 is 0 Å². The van der Waals surface area contributed by atoms with Gasteiger partial charge in [0.15, 0.2) is 5.96 Å². The Labute approximate surface area is 204 Å². The SMILES string of the molecule is CN=C(NCc1ccc(-n2cncn2)cc1)NCc1ccccc1-n1nc(C)cc1C.I. The summed E-state index contributed by atoms with van der Waals surface area (Å²) < 4.78 is 3.72. The van der Waals surface area contributed by atoms with Crippen molar-refractivity contribution in [1.29, 1.82) is 0 Å². The number of aryl methyl sites for hydroxylation is 2. The Morgan fingerprint density at radius 2 is 1.75 bits per heavy atom. The summed E-state index contributed by atoms with van der Waals surface area (Å²) in [5.41, 5.74) is 6.46. The third-order valence-corrected chi connectivity index (χ3v) is 4.98. The molecule has 0 atom stereocenters. The molecule has 0 aliphatic carbocycles. The molecule has 2 N–H and O–H groups in total. The fourth-order valence-corrected chi connectivity index (χ4v) is 3.43. The molecule has 2 aromatic heterocycles. The molecule has 0 bridgehead atoms. The molecular weight excluding hydrogens is 515 g/mol. The molecule has 0 fully saturated rings. The Morgan fingerprint density at radius 3 is 2.41 bits per heavy atom. The van der Waals surface area contributed by atoms with E-state index in [1.54, 1.807) is 18.1 Å². The number of aliphatic imine (C=N–C) groups is 1. The fraction of sp³-hybridized carbons (Fsp3) is 0.217. The Bertz CT molecular complexity index is 1160. The number of hydrogen-bond donors (Lipinski definition) is 2. The van der Waals surface area contributed by atoms with Crippen LogP contribution in [-0.4, -0.2) is 37.6 Å². The number of para-hydroxylation sites is 1. The molecule has 166 valence electrons. The Hall–Kier alpha value is -3.21. The minimum absolute atomic E-state index is 0. The molecule has 0 unspecified atom stereocenters. The van der Waals surface area contributed by atoms with E-state index in [2.05, 4.69) is 68.1 Å². The third-order valence-electron chi connectivity index (χ3n) is 4.98.